The van der Waals surface area contributed by atoms with Crippen LogP contribution in [0.15, 0.2) is 12.2 Å². The van der Waals surface area contributed by atoms with Crippen molar-refractivity contribution in [3.63, 3.8) is 0 Å². The highest BCUT2D eigenvalue weighted by molar-refractivity contribution is 5.74. The second kappa shape index (κ2) is 17.3. The molecule has 0 heterocycles. The first-order valence-electron chi connectivity index (χ1n) is 9.93. The Balaban J connectivity index is 3.31. The second-order valence-corrected chi connectivity index (χ2v) is 6.65. The molecule has 0 atom stereocenters. The topological polar surface area (TPSA) is 79.4 Å². The van der Waals surface area contributed by atoms with Crippen LogP contribution in [0.3, 0.4) is 0 Å². The summed E-state index contributed by atoms with van der Waals surface area (Å²) < 4.78 is 5.13. The van der Waals surface area contributed by atoms with Gasteiger partial charge in [0.1, 0.15) is 6.61 Å². The Morgan fingerprint density at radius 2 is 1.56 bits per heavy atom. The van der Waals surface area contributed by atoms with Crippen LogP contribution in [0, 0.1) is 5.41 Å². The number of allylic oxidation sites excluding steroid dienone is 2. The third-order valence-corrected chi connectivity index (χ3v) is 4.24. The summed E-state index contributed by atoms with van der Waals surface area (Å²) in [5, 5.41) is 7.21. The summed E-state index contributed by atoms with van der Waals surface area (Å²) in [4.78, 5) is 13.1. The maximum Gasteiger partial charge on any atom is 0.305 e. The number of unbranched alkanes of at least 4 members (excludes halogenated alkanes) is 9. The lowest BCUT2D eigenvalue weighted by Gasteiger charge is -2.16. The number of esters is 1. The zero-order valence-corrected chi connectivity index (χ0v) is 16.4. The highest BCUT2D eigenvalue weighted by Gasteiger charge is 2.04. The van der Waals surface area contributed by atoms with E-state index in [0.29, 0.717) is 19.6 Å². The minimum Gasteiger partial charge on any atom is -0.464 e. The van der Waals surface area contributed by atoms with Gasteiger partial charge in [0.2, 0.25) is 0 Å². The fourth-order valence-electron chi connectivity index (χ4n) is 2.48. The van der Waals surface area contributed by atoms with Crippen LogP contribution in [0.25, 0.3) is 0 Å². The summed E-state index contributed by atoms with van der Waals surface area (Å²) in [7, 11) is 1.71. The highest BCUT2D eigenvalue weighted by atomic mass is 16.5. The summed E-state index contributed by atoms with van der Waals surface area (Å²) in [5.74, 6) is -0.162. The van der Waals surface area contributed by atoms with E-state index in [0.717, 1.165) is 12.8 Å². The van der Waals surface area contributed by atoms with Crippen molar-refractivity contribution in [2.75, 3.05) is 20.2 Å². The van der Waals surface area contributed by atoms with Gasteiger partial charge in [0.25, 0.3) is 0 Å². The Morgan fingerprint density at radius 3 is 2.16 bits per heavy atom. The minimum atomic E-state index is -0.150. The molecular formula is C20H39N3O2. The molecule has 0 aromatic rings. The lowest BCUT2D eigenvalue weighted by molar-refractivity contribution is -0.143. The van der Waals surface area contributed by atoms with E-state index in [1.807, 2.05) is 0 Å². The highest BCUT2D eigenvalue weighted by Crippen LogP contribution is 2.09. The number of ether oxygens (including phenoxy) is 1. The van der Waals surface area contributed by atoms with Gasteiger partial charge in [0.15, 0.2) is 5.96 Å². The number of carbonyl (C=O) groups is 1. The van der Waals surface area contributed by atoms with E-state index in [2.05, 4.69) is 19.1 Å². The Bertz CT molecular complexity index is 370. The molecule has 0 saturated carbocycles. The number of carbonyl (C=O) groups excluding carboxylic acids is 1. The molecular weight excluding hydrogens is 314 g/mol. The summed E-state index contributed by atoms with van der Waals surface area (Å²) in [6, 6.07) is 0. The Labute approximate surface area is 154 Å². The van der Waals surface area contributed by atoms with Gasteiger partial charge in [0.05, 0.1) is 6.54 Å². The van der Waals surface area contributed by atoms with Gasteiger partial charge in [-0.05, 0) is 32.1 Å². The normalized spacial score (nSPS) is 11.0. The number of hydrogen-bond acceptors (Lipinski definition) is 3. The number of rotatable bonds is 16. The van der Waals surface area contributed by atoms with Crippen LogP contribution >= 0.6 is 0 Å². The molecule has 0 amide bonds. The fraction of sp³-hybridized carbons (Fsp3) is 0.800. The van der Waals surface area contributed by atoms with E-state index < -0.39 is 0 Å². The van der Waals surface area contributed by atoms with Gasteiger partial charge in [-0.2, -0.15) is 0 Å². The van der Waals surface area contributed by atoms with Gasteiger partial charge in [-0.15, -0.1) is 0 Å². The summed E-state index contributed by atoms with van der Waals surface area (Å²) >= 11 is 0. The molecule has 0 fully saturated rings. The van der Waals surface area contributed by atoms with Crippen LogP contribution in [0.5, 0.6) is 0 Å². The number of likely N-dealkylation sites (N-methyl/N-ethyl adjacent to an activating group) is 1. The molecule has 0 aliphatic heterocycles. The number of nitrogens with one attached hydrogen (secondary N) is 1. The number of hydrogen-bond donors (Lipinski definition) is 2. The van der Waals surface area contributed by atoms with Gasteiger partial charge in [0, 0.05) is 13.5 Å². The van der Waals surface area contributed by atoms with E-state index >= 15 is 0 Å². The predicted octanol–water partition coefficient (Wildman–Crippen LogP) is 4.61. The van der Waals surface area contributed by atoms with Gasteiger partial charge >= 0.3 is 5.97 Å². The monoisotopic (exact) mass is 353 g/mol. The Kier molecular flexibility index (Phi) is 16.3. The zero-order valence-electron chi connectivity index (χ0n) is 16.4. The molecule has 0 aliphatic carbocycles. The Morgan fingerprint density at radius 1 is 1.00 bits per heavy atom. The van der Waals surface area contributed by atoms with Crippen LogP contribution in [-0.4, -0.2) is 37.0 Å². The fourth-order valence-corrected chi connectivity index (χ4v) is 2.48. The maximum atomic E-state index is 11.6. The lowest BCUT2D eigenvalue weighted by atomic mass is 10.1. The lowest BCUT2D eigenvalue weighted by Crippen LogP contribution is -2.35. The molecule has 146 valence electrons. The molecule has 0 aromatic carbocycles. The van der Waals surface area contributed by atoms with Crippen molar-refractivity contribution >= 4 is 11.9 Å². The van der Waals surface area contributed by atoms with E-state index in [1.54, 1.807) is 11.9 Å². The van der Waals surface area contributed by atoms with Crippen molar-refractivity contribution in [1.82, 2.24) is 4.90 Å². The minimum absolute atomic E-state index is 0.0117. The predicted molar refractivity (Wildman–Crippen MR) is 106 cm³/mol. The molecule has 0 radical (unpaired) electrons. The van der Waals surface area contributed by atoms with Crippen LogP contribution in [0.4, 0.5) is 0 Å². The molecule has 5 heteroatoms. The van der Waals surface area contributed by atoms with Crippen LogP contribution in [-0.2, 0) is 9.53 Å². The van der Waals surface area contributed by atoms with E-state index in [1.165, 1.54) is 57.8 Å². The first-order chi connectivity index (χ1) is 12.1. The second-order valence-electron chi connectivity index (χ2n) is 6.65. The molecule has 0 bridgehead atoms. The van der Waals surface area contributed by atoms with Gasteiger partial charge in [-0.25, -0.2) is 0 Å². The zero-order chi connectivity index (χ0) is 18.8. The van der Waals surface area contributed by atoms with E-state index in [4.69, 9.17) is 15.9 Å². The standard InChI is InChI=1S/C20H39N3O2/c1-3-4-5-6-7-8-9-10-11-12-13-14-15-16-19(24)25-18-17-23(2)20(21)22/h8-9H,3-7,10-18H2,1-2H3,(H3,21,22). The molecule has 0 unspecified atom stereocenters. The number of nitrogens with zero attached hydrogens (tertiary/aromatic N) is 1. The smallest absolute Gasteiger partial charge is 0.305 e. The van der Waals surface area contributed by atoms with Gasteiger partial charge < -0.3 is 15.4 Å². The van der Waals surface area contributed by atoms with Crippen molar-refractivity contribution in [2.45, 2.75) is 84.0 Å². The molecule has 0 saturated heterocycles. The molecule has 0 rings (SSSR count). The molecule has 5 nitrogen and oxygen atoms in total. The first-order valence-corrected chi connectivity index (χ1v) is 9.93. The average Bonchev–Trinajstić information content (AvgIpc) is 2.58. The SMILES string of the molecule is CCCCCCC=CCCCCCCCC(=O)OCCN(C)C(=N)N. The quantitative estimate of drug-likeness (QED) is 0.140. The van der Waals surface area contributed by atoms with Crippen molar-refractivity contribution < 1.29 is 9.53 Å². The van der Waals surface area contributed by atoms with Crippen LogP contribution in [0.1, 0.15) is 84.0 Å². The number of guanidine groups is 1. The summed E-state index contributed by atoms with van der Waals surface area (Å²) in [5.41, 5.74) is 5.31. The molecule has 3 N–H and O–H groups in total. The van der Waals surface area contributed by atoms with Crippen LogP contribution < -0.4 is 5.73 Å². The molecule has 0 aromatic heterocycles. The maximum absolute atomic E-state index is 11.6. The summed E-state index contributed by atoms with van der Waals surface area (Å²) in [6.07, 6.45) is 18.5. The van der Waals surface area contributed by atoms with Gasteiger partial charge in [-0.3, -0.25) is 10.2 Å². The largest absolute Gasteiger partial charge is 0.464 e. The number of nitrogens with two attached hydrogens (primary N) is 1. The first kappa shape index (κ1) is 23.5. The van der Waals surface area contributed by atoms with E-state index in [9.17, 15) is 4.79 Å². The molecule has 0 spiro atoms. The van der Waals surface area contributed by atoms with Crippen molar-refractivity contribution in [3.05, 3.63) is 12.2 Å². The molecule has 25 heavy (non-hydrogen) atoms. The molecule has 0 aliphatic rings. The van der Waals surface area contributed by atoms with Crippen molar-refractivity contribution in [2.24, 2.45) is 5.73 Å². The third kappa shape index (κ3) is 17.1. The van der Waals surface area contributed by atoms with Crippen molar-refractivity contribution in [3.8, 4) is 0 Å². The van der Waals surface area contributed by atoms with Crippen molar-refractivity contribution in [1.29, 1.82) is 5.41 Å². The van der Waals surface area contributed by atoms with Crippen LogP contribution in [0.2, 0.25) is 0 Å². The van der Waals surface area contributed by atoms with Gasteiger partial charge in [-0.1, -0.05) is 57.6 Å². The Hall–Kier alpha value is -1.52. The van der Waals surface area contributed by atoms with E-state index in [-0.39, 0.29) is 11.9 Å². The average molecular weight is 354 g/mol. The third-order valence-electron chi connectivity index (χ3n) is 4.24. The summed E-state index contributed by atoms with van der Waals surface area (Å²) in [6.45, 7) is 3.00.